The minimum Gasteiger partial charge on any atom is -0.468 e. The van der Waals surface area contributed by atoms with Gasteiger partial charge in [0.2, 0.25) is 0 Å². The van der Waals surface area contributed by atoms with Crippen LogP contribution in [0.25, 0.3) is 0 Å². The number of methoxy groups -OCH3 is 2. The highest BCUT2D eigenvalue weighted by Gasteiger charge is 2.55. The largest absolute Gasteiger partial charge is 0.487 e. The molecule has 7 heteroatoms. The molecule has 0 bridgehead atoms. The SMILES string of the molecule is C=C1CC(C(=O)OC)(C(=O)OC)C/C1=C/B1OC(C)(C)C(C)(C)O1. The van der Waals surface area contributed by atoms with Gasteiger partial charge < -0.3 is 18.8 Å². The Morgan fingerprint density at radius 2 is 1.50 bits per heavy atom. The fourth-order valence-electron chi connectivity index (χ4n) is 3.05. The first-order valence-corrected chi connectivity index (χ1v) is 7.90. The van der Waals surface area contributed by atoms with E-state index < -0.39 is 35.7 Å². The topological polar surface area (TPSA) is 71.1 Å². The van der Waals surface area contributed by atoms with Gasteiger partial charge in [-0.1, -0.05) is 23.7 Å². The average molecular weight is 336 g/mol. The lowest BCUT2D eigenvalue weighted by Gasteiger charge is -2.32. The van der Waals surface area contributed by atoms with Gasteiger partial charge in [0.05, 0.1) is 25.4 Å². The van der Waals surface area contributed by atoms with Crippen LogP contribution in [0, 0.1) is 5.41 Å². The van der Waals surface area contributed by atoms with Crippen molar-refractivity contribution in [3.8, 4) is 0 Å². The molecule has 0 aromatic heterocycles. The van der Waals surface area contributed by atoms with Gasteiger partial charge in [-0.2, -0.15) is 0 Å². The Bertz CT molecular complexity index is 572. The van der Waals surface area contributed by atoms with Gasteiger partial charge in [-0.15, -0.1) is 0 Å². The van der Waals surface area contributed by atoms with E-state index in [1.807, 2.05) is 27.7 Å². The first-order valence-electron chi connectivity index (χ1n) is 7.90. The molecule has 0 atom stereocenters. The standard InChI is InChI=1S/C17H25BO6/c1-11-8-17(13(19)21-6,14(20)22-7)9-12(11)10-18-23-15(2,3)16(4,5)24-18/h10H,1,8-9H2,2-7H3/b12-10-. The normalized spacial score (nSPS) is 25.8. The van der Waals surface area contributed by atoms with Crippen molar-refractivity contribution in [1.82, 2.24) is 0 Å². The second-order valence-electron chi connectivity index (χ2n) is 7.34. The molecule has 1 aliphatic carbocycles. The third-order valence-corrected chi connectivity index (χ3v) is 5.22. The van der Waals surface area contributed by atoms with Gasteiger partial charge in [0, 0.05) is 0 Å². The molecule has 24 heavy (non-hydrogen) atoms. The number of hydrogen-bond acceptors (Lipinski definition) is 6. The predicted octanol–water partition coefficient (Wildman–Crippen LogP) is 2.23. The monoisotopic (exact) mass is 336 g/mol. The van der Waals surface area contributed by atoms with Crippen molar-refractivity contribution in [2.75, 3.05) is 14.2 Å². The lowest BCUT2D eigenvalue weighted by atomic mass is 9.83. The summed E-state index contributed by atoms with van der Waals surface area (Å²) in [5, 5.41) is 0. The summed E-state index contributed by atoms with van der Waals surface area (Å²) in [6, 6.07) is 0. The third-order valence-electron chi connectivity index (χ3n) is 5.22. The average Bonchev–Trinajstić information content (AvgIpc) is 2.92. The molecule has 0 unspecified atom stereocenters. The first-order chi connectivity index (χ1) is 11.0. The summed E-state index contributed by atoms with van der Waals surface area (Å²) in [7, 11) is 1.95. The Morgan fingerprint density at radius 3 is 1.92 bits per heavy atom. The number of ether oxygens (including phenoxy) is 2. The highest BCUT2D eigenvalue weighted by atomic mass is 16.7. The van der Waals surface area contributed by atoms with Gasteiger partial charge in [0.25, 0.3) is 0 Å². The Hall–Kier alpha value is -1.60. The highest BCUT2D eigenvalue weighted by Crippen LogP contribution is 2.47. The zero-order chi connectivity index (χ0) is 18.3. The number of rotatable bonds is 3. The fourth-order valence-corrected chi connectivity index (χ4v) is 3.05. The van der Waals surface area contributed by atoms with E-state index in [2.05, 4.69) is 6.58 Å². The Balaban J connectivity index is 2.29. The molecule has 132 valence electrons. The second kappa shape index (κ2) is 6.04. The van der Waals surface area contributed by atoms with Crippen molar-refractivity contribution < 1.29 is 28.4 Å². The van der Waals surface area contributed by atoms with Gasteiger partial charge >= 0.3 is 19.1 Å². The van der Waals surface area contributed by atoms with Crippen molar-refractivity contribution in [1.29, 1.82) is 0 Å². The van der Waals surface area contributed by atoms with Crippen molar-refractivity contribution in [3.05, 3.63) is 23.7 Å². The quantitative estimate of drug-likeness (QED) is 0.447. The smallest absolute Gasteiger partial charge is 0.468 e. The fraction of sp³-hybridized carbons (Fsp3) is 0.647. The molecule has 2 aliphatic rings. The second-order valence-corrected chi connectivity index (χ2v) is 7.34. The van der Waals surface area contributed by atoms with Gasteiger partial charge in [-0.3, -0.25) is 9.59 Å². The summed E-state index contributed by atoms with van der Waals surface area (Å²) < 4.78 is 21.5. The number of allylic oxidation sites excluding steroid dienone is 2. The van der Waals surface area contributed by atoms with Gasteiger partial charge in [0.1, 0.15) is 0 Å². The molecule has 1 saturated heterocycles. The lowest BCUT2D eigenvalue weighted by Crippen LogP contribution is -2.41. The van der Waals surface area contributed by atoms with E-state index in [4.69, 9.17) is 18.8 Å². The maximum atomic E-state index is 12.2. The van der Waals surface area contributed by atoms with Crippen molar-refractivity contribution in [2.45, 2.75) is 51.7 Å². The van der Waals surface area contributed by atoms with Crippen molar-refractivity contribution in [3.63, 3.8) is 0 Å². The Morgan fingerprint density at radius 1 is 1.04 bits per heavy atom. The lowest BCUT2D eigenvalue weighted by molar-refractivity contribution is -0.168. The molecule has 0 N–H and O–H groups in total. The molecule has 2 rings (SSSR count). The van der Waals surface area contributed by atoms with E-state index >= 15 is 0 Å². The molecular weight excluding hydrogens is 311 g/mol. The van der Waals surface area contributed by atoms with Crippen LogP contribution in [0.3, 0.4) is 0 Å². The molecule has 0 radical (unpaired) electrons. The molecule has 0 spiro atoms. The summed E-state index contributed by atoms with van der Waals surface area (Å²) in [4.78, 5) is 24.4. The van der Waals surface area contributed by atoms with E-state index in [0.717, 1.165) is 5.57 Å². The van der Waals surface area contributed by atoms with Crippen LogP contribution in [0.4, 0.5) is 0 Å². The Kier molecular flexibility index (Phi) is 4.72. The van der Waals surface area contributed by atoms with Crippen molar-refractivity contribution in [2.24, 2.45) is 5.41 Å². The van der Waals surface area contributed by atoms with E-state index in [-0.39, 0.29) is 12.8 Å². The third kappa shape index (κ3) is 2.91. The highest BCUT2D eigenvalue weighted by molar-refractivity contribution is 6.52. The van der Waals surface area contributed by atoms with E-state index in [9.17, 15) is 9.59 Å². The molecule has 1 aliphatic heterocycles. The molecule has 1 saturated carbocycles. The van der Waals surface area contributed by atoms with Crippen molar-refractivity contribution >= 4 is 19.1 Å². The zero-order valence-corrected chi connectivity index (χ0v) is 15.2. The Labute approximate surface area is 143 Å². The zero-order valence-electron chi connectivity index (χ0n) is 15.2. The van der Waals surface area contributed by atoms with Gasteiger partial charge in [0.15, 0.2) is 5.41 Å². The van der Waals surface area contributed by atoms with E-state index in [1.54, 1.807) is 5.98 Å². The summed E-state index contributed by atoms with van der Waals surface area (Å²) in [6.45, 7) is 11.8. The van der Waals surface area contributed by atoms with Crippen LogP contribution in [0.15, 0.2) is 23.7 Å². The van der Waals surface area contributed by atoms with Crippen LogP contribution >= 0.6 is 0 Å². The maximum absolute atomic E-state index is 12.2. The minimum absolute atomic E-state index is 0.162. The van der Waals surface area contributed by atoms with E-state index in [1.165, 1.54) is 14.2 Å². The molecular formula is C17H25BO6. The molecule has 6 nitrogen and oxygen atoms in total. The summed E-state index contributed by atoms with van der Waals surface area (Å²) in [5.74, 6) is 0.549. The van der Waals surface area contributed by atoms with E-state index in [0.29, 0.717) is 5.57 Å². The van der Waals surface area contributed by atoms with Crippen LogP contribution in [-0.4, -0.2) is 44.5 Å². The molecule has 0 amide bonds. The number of hydrogen-bond donors (Lipinski definition) is 0. The van der Waals surface area contributed by atoms with Crippen LogP contribution in [0.5, 0.6) is 0 Å². The number of carbonyl (C=O) groups is 2. The summed E-state index contributed by atoms with van der Waals surface area (Å²) in [6.07, 6.45) is 0.326. The van der Waals surface area contributed by atoms with Crippen LogP contribution < -0.4 is 0 Å². The summed E-state index contributed by atoms with van der Waals surface area (Å²) >= 11 is 0. The van der Waals surface area contributed by atoms with Crippen LogP contribution in [0.2, 0.25) is 0 Å². The predicted molar refractivity (Wildman–Crippen MR) is 89.0 cm³/mol. The minimum atomic E-state index is -1.38. The van der Waals surface area contributed by atoms with Crippen LogP contribution in [-0.2, 0) is 28.4 Å². The van der Waals surface area contributed by atoms with Gasteiger partial charge in [-0.05, 0) is 40.5 Å². The number of esters is 2. The summed E-state index contributed by atoms with van der Waals surface area (Å²) in [5.41, 5.74) is -0.868. The maximum Gasteiger partial charge on any atom is 0.487 e. The molecule has 2 fully saturated rings. The molecule has 0 aromatic rings. The van der Waals surface area contributed by atoms with Crippen LogP contribution in [0.1, 0.15) is 40.5 Å². The van der Waals surface area contributed by atoms with Gasteiger partial charge in [-0.25, -0.2) is 0 Å². The molecule has 1 heterocycles. The number of carbonyl (C=O) groups excluding carboxylic acids is 2. The molecule has 0 aromatic carbocycles. The first kappa shape index (κ1) is 18.7.